The molecule has 2 atom stereocenters. The van der Waals surface area contributed by atoms with Crippen LogP contribution in [-0.4, -0.2) is 34.5 Å². The van der Waals surface area contributed by atoms with Gasteiger partial charge in [-0.1, -0.05) is 24.6 Å². The molecule has 1 aromatic carbocycles. The number of hydrogen-bond donors (Lipinski definition) is 1. The van der Waals surface area contributed by atoms with Gasteiger partial charge in [0, 0.05) is 11.0 Å². The van der Waals surface area contributed by atoms with Crippen LogP contribution in [0, 0.1) is 5.92 Å². The Morgan fingerprint density at radius 3 is 2.80 bits per heavy atom. The lowest BCUT2D eigenvalue weighted by Crippen LogP contribution is -2.49. The summed E-state index contributed by atoms with van der Waals surface area (Å²) in [6, 6.07) is 4.30. The summed E-state index contributed by atoms with van der Waals surface area (Å²) >= 11 is 9.39. The number of carboxylic acids is 1. The Balaban J connectivity index is 2.31. The number of benzene rings is 1. The van der Waals surface area contributed by atoms with Crippen LogP contribution in [0.1, 0.15) is 30.1 Å². The Morgan fingerprint density at radius 1 is 1.45 bits per heavy atom. The number of amides is 1. The predicted octanol–water partition coefficient (Wildman–Crippen LogP) is 3.43. The van der Waals surface area contributed by atoms with Crippen LogP contribution in [0.3, 0.4) is 0 Å². The first-order valence-electron chi connectivity index (χ1n) is 6.39. The molecule has 0 aromatic heterocycles. The molecule has 1 N–H and O–H groups in total. The largest absolute Gasteiger partial charge is 0.480 e. The quantitative estimate of drug-likeness (QED) is 0.879. The fraction of sp³-hybridized carbons (Fsp3) is 0.429. The summed E-state index contributed by atoms with van der Waals surface area (Å²) in [5.74, 6) is -0.982. The molecule has 0 spiro atoms. The Hall–Kier alpha value is -1.07. The molecule has 108 valence electrons. The maximum absolute atomic E-state index is 12.6. The van der Waals surface area contributed by atoms with Crippen molar-refractivity contribution >= 4 is 39.4 Å². The van der Waals surface area contributed by atoms with Gasteiger partial charge in [0.05, 0.1) is 10.6 Å². The van der Waals surface area contributed by atoms with Crippen molar-refractivity contribution in [3.8, 4) is 0 Å². The predicted molar refractivity (Wildman–Crippen MR) is 80.0 cm³/mol. The molecule has 2 unspecified atom stereocenters. The molecule has 1 aromatic rings. The van der Waals surface area contributed by atoms with Crippen LogP contribution in [0.5, 0.6) is 0 Å². The fourth-order valence-electron chi connectivity index (χ4n) is 2.44. The summed E-state index contributed by atoms with van der Waals surface area (Å²) in [4.78, 5) is 25.3. The van der Waals surface area contributed by atoms with Crippen LogP contribution in [0.2, 0.25) is 5.02 Å². The normalized spacial score (nSPS) is 22.6. The van der Waals surface area contributed by atoms with Crippen LogP contribution in [-0.2, 0) is 4.79 Å². The third-order valence-electron chi connectivity index (χ3n) is 3.59. The molecule has 4 nitrogen and oxygen atoms in total. The van der Waals surface area contributed by atoms with Crippen molar-refractivity contribution in [2.45, 2.75) is 25.8 Å². The minimum atomic E-state index is -0.962. The van der Waals surface area contributed by atoms with E-state index in [0.717, 1.165) is 6.42 Å². The molecule has 2 rings (SSSR count). The first-order valence-corrected chi connectivity index (χ1v) is 7.56. The van der Waals surface area contributed by atoms with Crippen LogP contribution < -0.4 is 0 Å². The van der Waals surface area contributed by atoms with Crippen molar-refractivity contribution < 1.29 is 14.7 Å². The number of aliphatic carboxylic acids is 1. The molecule has 1 heterocycles. The number of rotatable bonds is 2. The summed E-state index contributed by atoms with van der Waals surface area (Å²) in [5, 5.41) is 9.63. The Morgan fingerprint density at radius 2 is 2.15 bits per heavy atom. The highest BCUT2D eigenvalue weighted by Crippen LogP contribution is 2.30. The van der Waals surface area contributed by atoms with Gasteiger partial charge >= 0.3 is 5.97 Å². The van der Waals surface area contributed by atoms with Crippen LogP contribution >= 0.6 is 27.5 Å². The molecular formula is C14H15BrClNO3. The Kier molecular flexibility index (Phi) is 4.70. The second kappa shape index (κ2) is 6.14. The van der Waals surface area contributed by atoms with Crippen molar-refractivity contribution in [1.29, 1.82) is 0 Å². The van der Waals surface area contributed by atoms with Crippen molar-refractivity contribution in [3.05, 3.63) is 33.3 Å². The molecule has 1 aliphatic heterocycles. The number of nitrogens with zero attached hydrogens (tertiary/aromatic N) is 1. The van der Waals surface area contributed by atoms with Gasteiger partial charge in [-0.3, -0.25) is 4.79 Å². The van der Waals surface area contributed by atoms with Gasteiger partial charge in [0.25, 0.3) is 5.91 Å². The van der Waals surface area contributed by atoms with Gasteiger partial charge in [0.1, 0.15) is 6.04 Å². The number of piperidine rings is 1. The van der Waals surface area contributed by atoms with E-state index in [-0.39, 0.29) is 5.91 Å². The van der Waals surface area contributed by atoms with E-state index >= 15 is 0 Å². The average Bonchev–Trinajstić information content (AvgIpc) is 2.41. The van der Waals surface area contributed by atoms with Gasteiger partial charge in [-0.05, 0) is 46.8 Å². The topological polar surface area (TPSA) is 57.6 Å². The molecular weight excluding hydrogens is 346 g/mol. The number of likely N-dealkylation sites (tertiary alicyclic amines) is 1. The summed E-state index contributed by atoms with van der Waals surface area (Å²) in [5.41, 5.74) is 0.335. The lowest BCUT2D eigenvalue weighted by molar-refractivity contribution is -0.144. The van der Waals surface area contributed by atoms with Gasteiger partial charge in [0.2, 0.25) is 0 Å². The third kappa shape index (κ3) is 2.99. The number of halogens is 2. The van der Waals surface area contributed by atoms with Crippen molar-refractivity contribution in [1.82, 2.24) is 4.90 Å². The van der Waals surface area contributed by atoms with E-state index in [1.54, 1.807) is 18.2 Å². The fourth-order valence-corrected chi connectivity index (χ4v) is 3.02. The van der Waals surface area contributed by atoms with Gasteiger partial charge in [-0.15, -0.1) is 0 Å². The number of hydrogen-bond acceptors (Lipinski definition) is 2. The smallest absolute Gasteiger partial charge is 0.326 e. The van der Waals surface area contributed by atoms with Gasteiger partial charge < -0.3 is 10.0 Å². The van der Waals surface area contributed by atoms with E-state index in [0.29, 0.717) is 33.9 Å². The van der Waals surface area contributed by atoms with Gasteiger partial charge in [-0.25, -0.2) is 4.79 Å². The standard InChI is InChI=1S/C14H15BrClNO3/c1-8-5-6-17(11(7-8)14(19)20)13(18)9-3-2-4-10(15)12(9)16/h2-4,8,11H,5-7H2,1H3,(H,19,20). The second-order valence-electron chi connectivity index (χ2n) is 5.08. The number of carbonyl (C=O) groups excluding carboxylic acids is 1. The SMILES string of the molecule is CC1CCN(C(=O)c2cccc(Br)c2Cl)C(C(=O)O)C1. The third-order valence-corrected chi connectivity index (χ3v) is 4.89. The maximum atomic E-state index is 12.6. The molecule has 1 amide bonds. The first kappa shape index (κ1) is 15.3. The van der Waals surface area contributed by atoms with E-state index < -0.39 is 12.0 Å². The molecule has 1 saturated heterocycles. The lowest BCUT2D eigenvalue weighted by Gasteiger charge is -2.36. The Labute approximate surface area is 130 Å². The second-order valence-corrected chi connectivity index (χ2v) is 6.32. The van der Waals surface area contributed by atoms with Gasteiger partial charge in [0.15, 0.2) is 0 Å². The zero-order valence-corrected chi connectivity index (χ0v) is 13.3. The summed E-state index contributed by atoms with van der Waals surface area (Å²) in [6.45, 7) is 2.45. The monoisotopic (exact) mass is 359 g/mol. The first-order chi connectivity index (χ1) is 9.41. The molecule has 6 heteroatoms. The molecule has 1 fully saturated rings. The molecule has 1 aliphatic rings. The minimum Gasteiger partial charge on any atom is -0.480 e. The van der Waals surface area contributed by atoms with Crippen molar-refractivity contribution in [3.63, 3.8) is 0 Å². The lowest BCUT2D eigenvalue weighted by atomic mass is 9.92. The average molecular weight is 361 g/mol. The molecule has 0 radical (unpaired) electrons. The zero-order chi connectivity index (χ0) is 14.9. The molecule has 0 bridgehead atoms. The van der Waals surface area contributed by atoms with E-state index in [9.17, 15) is 14.7 Å². The minimum absolute atomic E-state index is 0.304. The molecule has 0 saturated carbocycles. The summed E-state index contributed by atoms with van der Waals surface area (Å²) < 4.78 is 0.627. The van der Waals surface area contributed by atoms with Crippen molar-refractivity contribution in [2.75, 3.05) is 6.54 Å². The highest BCUT2D eigenvalue weighted by atomic mass is 79.9. The summed E-state index contributed by atoms with van der Waals surface area (Å²) in [6.07, 6.45) is 1.29. The number of carbonyl (C=O) groups is 2. The zero-order valence-electron chi connectivity index (χ0n) is 11.0. The molecule has 0 aliphatic carbocycles. The Bertz CT molecular complexity index is 549. The van der Waals surface area contributed by atoms with E-state index in [4.69, 9.17) is 11.6 Å². The van der Waals surface area contributed by atoms with E-state index in [1.165, 1.54) is 4.90 Å². The van der Waals surface area contributed by atoms with Crippen molar-refractivity contribution in [2.24, 2.45) is 5.92 Å². The van der Waals surface area contributed by atoms with Crippen LogP contribution in [0.15, 0.2) is 22.7 Å². The summed E-state index contributed by atoms with van der Waals surface area (Å²) in [7, 11) is 0. The maximum Gasteiger partial charge on any atom is 0.326 e. The van der Waals surface area contributed by atoms with E-state index in [2.05, 4.69) is 15.9 Å². The number of carboxylic acid groups (broad SMARTS) is 1. The highest BCUT2D eigenvalue weighted by molar-refractivity contribution is 9.10. The van der Waals surface area contributed by atoms with E-state index in [1.807, 2.05) is 6.92 Å². The van der Waals surface area contributed by atoms with Crippen LogP contribution in [0.25, 0.3) is 0 Å². The molecule has 20 heavy (non-hydrogen) atoms. The van der Waals surface area contributed by atoms with Crippen LogP contribution in [0.4, 0.5) is 0 Å². The van der Waals surface area contributed by atoms with Gasteiger partial charge in [-0.2, -0.15) is 0 Å². The highest BCUT2D eigenvalue weighted by Gasteiger charge is 2.35.